The van der Waals surface area contributed by atoms with Crippen molar-refractivity contribution in [3.63, 3.8) is 0 Å². The minimum atomic E-state index is -0.962. The number of para-hydroxylation sites is 1. The maximum absolute atomic E-state index is 10.1. The number of allylic oxidation sites excluding steroid dienone is 2. The molecule has 0 unspecified atom stereocenters. The minimum absolute atomic E-state index is 0.674. The Bertz CT molecular complexity index is 381. The maximum atomic E-state index is 10.1. The molecule has 0 amide bonds. The van der Waals surface area contributed by atoms with Crippen LogP contribution in [-0.2, 0) is 4.79 Å². The molecule has 0 spiro atoms. The van der Waals surface area contributed by atoms with Crippen LogP contribution in [0.4, 0.5) is 5.69 Å². The molecule has 0 heterocycles. The number of rotatable bonds is 3. The van der Waals surface area contributed by atoms with Gasteiger partial charge in [-0.25, -0.2) is 4.79 Å². The molecule has 0 bridgehead atoms. The van der Waals surface area contributed by atoms with Crippen molar-refractivity contribution in [1.82, 2.24) is 0 Å². The van der Waals surface area contributed by atoms with E-state index in [1.807, 2.05) is 18.2 Å². The fourth-order valence-electron chi connectivity index (χ4n) is 0.960. The number of carbonyl (C=O) groups is 1. The molecule has 14 heavy (non-hydrogen) atoms. The second-order valence-corrected chi connectivity index (χ2v) is 2.69. The summed E-state index contributed by atoms with van der Waals surface area (Å²) in [6.07, 6.45) is 5.92. The third-order valence-corrected chi connectivity index (χ3v) is 1.62. The lowest BCUT2D eigenvalue weighted by atomic mass is 10.1. The van der Waals surface area contributed by atoms with Gasteiger partial charge < -0.3 is 10.8 Å². The van der Waals surface area contributed by atoms with Crippen LogP contribution < -0.4 is 5.73 Å². The number of aliphatic carboxylic acids is 1. The number of benzene rings is 1. The van der Waals surface area contributed by atoms with Crippen molar-refractivity contribution in [2.24, 2.45) is 0 Å². The number of carboxylic acids is 1. The smallest absolute Gasteiger partial charge is 0.328 e. The lowest BCUT2D eigenvalue weighted by Crippen LogP contribution is -1.87. The molecule has 72 valence electrons. The summed E-state index contributed by atoms with van der Waals surface area (Å²) in [6, 6.07) is 7.37. The number of anilines is 1. The Morgan fingerprint density at radius 2 is 2.00 bits per heavy atom. The monoisotopic (exact) mass is 189 g/mol. The molecule has 0 aliphatic heterocycles. The van der Waals surface area contributed by atoms with Gasteiger partial charge in [0.25, 0.3) is 0 Å². The van der Waals surface area contributed by atoms with Crippen molar-refractivity contribution in [1.29, 1.82) is 0 Å². The van der Waals surface area contributed by atoms with Crippen LogP contribution in [0.3, 0.4) is 0 Å². The van der Waals surface area contributed by atoms with E-state index in [4.69, 9.17) is 10.8 Å². The average Bonchev–Trinajstić information content (AvgIpc) is 2.15. The van der Waals surface area contributed by atoms with E-state index in [-0.39, 0.29) is 0 Å². The third-order valence-electron chi connectivity index (χ3n) is 1.62. The molecule has 0 aliphatic carbocycles. The van der Waals surface area contributed by atoms with Crippen LogP contribution in [0.2, 0.25) is 0 Å². The fraction of sp³-hybridized carbons (Fsp3) is 0. The van der Waals surface area contributed by atoms with Gasteiger partial charge in [-0.3, -0.25) is 0 Å². The maximum Gasteiger partial charge on any atom is 0.328 e. The van der Waals surface area contributed by atoms with Gasteiger partial charge in [-0.2, -0.15) is 0 Å². The zero-order valence-corrected chi connectivity index (χ0v) is 7.55. The van der Waals surface area contributed by atoms with E-state index in [0.29, 0.717) is 5.69 Å². The molecule has 0 atom stereocenters. The van der Waals surface area contributed by atoms with E-state index < -0.39 is 5.97 Å². The number of nitrogen functional groups attached to an aromatic ring is 1. The van der Waals surface area contributed by atoms with Crippen LogP contribution >= 0.6 is 0 Å². The van der Waals surface area contributed by atoms with E-state index in [9.17, 15) is 4.79 Å². The Kier molecular flexibility index (Phi) is 3.49. The highest BCUT2D eigenvalue weighted by Gasteiger charge is 1.89. The molecule has 0 aromatic heterocycles. The van der Waals surface area contributed by atoms with Crippen molar-refractivity contribution in [2.45, 2.75) is 0 Å². The lowest BCUT2D eigenvalue weighted by Gasteiger charge is -1.96. The number of hydrogen-bond donors (Lipinski definition) is 2. The fourth-order valence-corrected chi connectivity index (χ4v) is 0.960. The molecule has 3 heteroatoms. The third kappa shape index (κ3) is 3.15. The van der Waals surface area contributed by atoms with Gasteiger partial charge in [-0.15, -0.1) is 0 Å². The SMILES string of the molecule is Nc1ccccc1/C=C/C=C/C(=O)O. The van der Waals surface area contributed by atoms with Gasteiger partial charge in [0.1, 0.15) is 0 Å². The van der Waals surface area contributed by atoms with Crippen molar-refractivity contribution < 1.29 is 9.90 Å². The van der Waals surface area contributed by atoms with E-state index >= 15 is 0 Å². The predicted molar refractivity (Wildman–Crippen MR) is 56.7 cm³/mol. The average molecular weight is 189 g/mol. The number of hydrogen-bond acceptors (Lipinski definition) is 2. The zero-order valence-electron chi connectivity index (χ0n) is 7.55. The zero-order chi connectivity index (χ0) is 10.4. The first-order chi connectivity index (χ1) is 6.70. The first kappa shape index (κ1) is 10.1. The molecular formula is C11H11NO2. The normalized spacial score (nSPS) is 11.1. The van der Waals surface area contributed by atoms with Gasteiger partial charge in [0.15, 0.2) is 0 Å². The minimum Gasteiger partial charge on any atom is -0.478 e. The molecular weight excluding hydrogens is 178 g/mol. The predicted octanol–water partition coefficient (Wildman–Crippen LogP) is 1.92. The highest BCUT2D eigenvalue weighted by atomic mass is 16.4. The summed E-state index contributed by atoms with van der Waals surface area (Å²) in [6.45, 7) is 0. The molecule has 0 aliphatic rings. The highest BCUT2D eigenvalue weighted by molar-refractivity contribution is 5.80. The molecule has 1 aromatic rings. The number of carboxylic acid groups (broad SMARTS) is 1. The van der Waals surface area contributed by atoms with Gasteiger partial charge in [-0.1, -0.05) is 36.4 Å². The molecule has 1 aromatic carbocycles. The van der Waals surface area contributed by atoms with Gasteiger partial charge in [0, 0.05) is 11.8 Å². The molecule has 1 rings (SSSR count). The van der Waals surface area contributed by atoms with Gasteiger partial charge >= 0.3 is 5.97 Å². The van der Waals surface area contributed by atoms with E-state index in [1.54, 1.807) is 18.2 Å². The Morgan fingerprint density at radius 1 is 1.29 bits per heavy atom. The lowest BCUT2D eigenvalue weighted by molar-refractivity contribution is -0.131. The molecule has 0 saturated heterocycles. The van der Waals surface area contributed by atoms with E-state index in [2.05, 4.69) is 0 Å². The van der Waals surface area contributed by atoms with Crippen LogP contribution in [0.15, 0.2) is 42.5 Å². The van der Waals surface area contributed by atoms with Gasteiger partial charge in [0.05, 0.1) is 0 Å². The molecule has 0 fully saturated rings. The highest BCUT2D eigenvalue weighted by Crippen LogP contribution is 2.11. The quantitative estimate of drug-likeness (QED) is 0.433. The second kappa shape index (κ2) is 4.87. The summed E-state index contributed by atoms with van der Waals surface area (Å²) in [7, 11) is 0. The van der Waals surface area contributed by atoms with Gasteiger partial charge in [0.2, 0.25) is 0 Å². The Morgan fingerprint density at radius 3 is 2.64 bits per heavy atom. The first-order valence-corrected chi connectivity index (χ1v) is 4.12. The summed E-state index contributed by atoms with van der Waals surface area (Å²) in [4.78, 5) is 10.1. The van der Waals surface area contributed by atoms with Crippen molar-refractivity contribution >= 4 is 17.7 Å². The van der Waals surface area contributed by atoms with E-state index in [1.165, 1.54) is 6.08 Å². The summed E-state index contributed by atoms with van der Waals surface area (Å²) in [5.41, 5.74) is 7.22. The van der Waals surface area contributed by atoms with Crippen LogP contribution in [0.25, 0.3) is 6.08 Å². The second-order valence-electron chi connectivity index (χ2n) is 2.69. The molecule has 0 saturated carbocycles. The molecule has 0 radical (unpaired) electrons. The van der Waals surface area contributed by atoms with Crippen LogP contribution in [-0.4, -0.2) is 11.1 Å². The van der Waals surface area contributed by atoms with Crippen LogP contribution in [0, 0.1) is 0 Å². The van der Waals surface area contributed by atoms with Crippen LogP contribution in [0.1, 0.15) is 5.56 Å². The Labute approximate surface area is 82.2 Å². The van der Waals surface area contributed by atoms with Crippen molar-refractivity contribution in [2.75, 3.05) is 5.73 Å². The topological polar surface area (TPSA) is 63.3 Å². The van der Waals surface area contributed by atoms with Crippen molar-refractivity contribution in [3.05, 3.63) is 48.1 Å². The van der Waals surface area contributed by atoms with Gasteiger partial charge in [-0.05, 0) is 11.6 Å². The summed E-state index contributed by atoms with van der Waals surface area (Å²) < 4.78 is 0. The standard InChI is InChI=1S/C11H11NO2/c12-10-7-3-1-5-9(10)6-2-4-8-11(13)14/h1-8H,12H2,(H,13,14)/b6-2+,8-4+. The largest absolute Gasteiger partial charge is 0.478 e. The summed E-state index contributed by atoms with van der Waals surface area (Å²) in [5.74, 6) is -0.962. The number of nitrogens with two attached hydrogens (primary N) is 1. The summed E-state index contributed by atoms with van der Waals surface area (Å²) in [5, 5.41) is 8.32. The molecule has 3 nitrogen and oxygen atoms in total. The summed E-state index contributed by atoms with van der Waals surface area (Å²) >= 11 is 0. The first-order valence-electron chi connectivity index (χ1n) is 4.12. The Hall–Kier alpha value is -2.03. The van der Waals surface area contributed by atoms with E-state index in [0.717, 1.165) is 11.6 Å². The Balaban J connectivity index is 2.69. The van der Waals surface area contributed by atoms with Crippen LogP contribution in [0.5, 0.6) is 0 Å². The van der Waals surface area contributed by atoms with Crippen molar-refractivity contribution in [3.8, 4) is 0 Å². The molecule has 3 N–H and O–H groups in total.